The highest BCUT2D eigenvalue weighted by Gasteiger charge is 2.33. The summed E-state index contributed by atoms with van der Waals surface area (Å²) in [6.07, 6.45) is 0. The van der Waals surface area contributed by atoms with Gasteiger partial charge in [-0.2, -0.15) is 10.5 Å². The fourth-order valence-corrected chi connectivity index (χ4v) is 5.41. The van der Waals surface area contributed by atoms with Crippen LogP contribution < -0.4 is 20.9 Å². The number of benzene rings is 4. The first-order chi connectivity index (χ1) is 18.4. The van der Waals surface area contributed by atoms with E-state index in [1.54, 1.807) is 24.3 Å². The molecule has 4 N–H and O–H groups in total. The van der Waals surface area contributed by atoms with Crippen LogP contribution in [0.4, 0.5) is 0 Å². The van der Waals surface area contributed by atoms with E-state index in [-0.39, 0.29) is 11.8 Å². The summed E-state index contributed by atoms with van der Waals surface area (Å²) in [6.45, 7) is 0. The van der Waals surface area contributed by atoms with E-state index < -0.39 is 11.8 Å². The number of nitrogens with two attached hydrogens (primary N) is 2. The Morgan fingerprint density at radius 1 is 0.605 bits per heavy atom. The van der Waals surface area contributed by atoms with E-state index in [0.29, 0.717) is 32.7 Å². The van der Waals surface area contributed by atoms with Gasteiger partial charge in [-0.05, 0) is 70.4 Å². The molecule has 0 unspecified atom stereocenters. The van der Waals surface area contributed by atoms with E-state index in [2.05, 4.69) is 12.1 Å². The molecule has 8 heteroatoms. The van der Waals surface area contributed by atoms with Gasteiger partial charge in [0.2, 0.25) is 11.8 Å². The Kier molecular flexibility index (Phi) is 5.65. The molecule has 2 aliphatic heterocycles. The fraction of sp³-hybridized carbons (Fsp3) is 0.0667. The normalized spacial score (nSPS) is 18.1. The van der Waals surface area contributed by atoms with Crippen molar-refractivity contribution in [1.82, 2.24) is 0 Å². The number of ether oxygens (including phenoxy) is 2. The quantitative estimate of drug-likeness (QED) is 0.298. The molecule has 0 bridgehead atoms. The van der Waals surface area contributed by atoms with Crippen molar-refractivity contribution in [3.63, 3.8) is 0 Å². The van der Waals surface area contributed by atoms with Gasteiger partial charge in [-0.15, -0.1) is 0 Å². The number of hydrogen-bond acceptors (Lipinski definition) is 6. The maximum absolute atomic E-state index is 9.94. The van der Waals surface area contributed by atoms with Gasteiger partial charge >= 0.3 is 0 Å². The molecule has 38 heavy (non-hydrogen) atoms. The maximum atomic E-state index is 9.94. The zero-order chi connectivity index (χ0) is 26.6. The molecule has 4 aromatic carbocycles. The molecule has 0 amide bonds. The molecular formula is C30H18Cl2N4O2. The van der Waals surface area contributed by atoms with Crippen molar-refractivity contribution in [2.75, 3.05) is 0 Å². The van der Waals surface area contributed by atoms with Gasteiger partial charge in [0.1, 0.15) is 34.8 Å². The van der Waals surface area contributed by atoms with Gasteiger partial charge < -0.3 is 20.9 Å². The van der Waals surface area contributed by atoms with Gasteiger partial charge in [0.25, 0.3) is 0 Å². The Morgan fingerprint density at radius 3 is 1.34 bits per heavy atom. The largest absolute Gasteiger partial charge is 0.440 e. The summed E-state index contributed by atoms with van der Waals surface area (Å²) >= 11 is 12.2. The summed E-state index contributed by atoms with van der Waals surface area (Å²) < 4.78 is 11.8. The van der Waals surface area contributed by atoms with Gasteiger partial charge in [-0.1, -0.05) is 47.5 Å². The topological polar surface area (TPSA) is 118 Å². The van der Waals surface area contributed by atoms with E-state index in [1.807, 2.05) is 48.5 Å². The molecule has 6 nitrogen and oxygen atoms in total. The fourth-order valence-electron chi connectivity index (χ4n) is 5.16. The average molecular weight is 537 g/mol. The molecular weight excluding hydrogens is 519 g/mol. The lowest BCUT2D eigenvalue weighted by molar-refractivity contribution is 0.393. The molecule has 184 valence electrons. The SMILES string of the molecule is N#CC1=C(N)Oc2cc3cc4c(cc3cc2[C@H]1c1ccc(Cl)cc1)[C@H](c1ccc(Cl)cc1)C(C#N)=C(N)O4. The molecule has 0 saturated heterocycles. The highest BCUT2D eigenvalue weighted by molar-refractivity contribution is 6.30. The number of nitriles is 2. The third-order valence-corrected chi connectivity index (χ3v) is 7.42. The van der Waals surface area contributed by atoms with Crippen LogP contribution in [0.1, 0.15) is 34.1 Å². The molecule has 6 rings (SSSR count). The van der Waals surface area contributed by atoms with Gasteiger partial charge in [0, 0.05) is 21.2 Å². The molecule has 0 aromatic heterocycles. The van der Waals surface area contributed by atoms with Crippen LogP contribution in [0.3, 0.4) is 0 Å². The first-order valence-corrected chi connectivity index (χ1v) is 12.4. The summed E-state index contributed by atoms with van der Waals surface area (Å²) in [7, 11) is 0. The maximum Gasteiger partial charge on any atom is 0.205 e. The molecule has 0 aliphatic carbocycles. The van der Waals surface area contributed by atoms with E-state index in [9.17, 15) is 10.5 Å². The summed E-state index contributed by atoms with van der Waals surface area (Å²) in [5.41, 5.74) is 16.3. The van der Waals surface area contributed by atoms with E-state index >= 15 is 0 Å². The monoisotopic (exact) mass is 536 g/mol. The molecule has 2 aliphatic rings. The van der Waals surface area contributed by atoms with Crippen LogP contribution in [0.2, 0.25) is 10.0 Å². The standard InChI is InChI=1S/C30H18Cl2N4O2/c31-19-5-1-15(2-6-19)27-21-9-17-10-22-26(12-18(17)11-25(21)37-29(35)23(27)13-33)38-30(36)24(14-34)28(22)16-3-7-20(32)8-4-16/h1-12,27-28H,35-36H2/t27-,28+. The van der Waals surface area contributed by atoms with Crippen LogP contribution >= 0.6 is 23.2 Å². The van der Waals surface area contributed by atoms with Crippen molar-refractivity contribution in [2.24, 2.45) is 11.5 Å². The average Bonchev–Trinajstić information content (AvgIpc) is 2.91. The van der Waals surface area contributed by atoms with Gasteiger partial charge in [0.05, 0.1) is 11.8 Å². The van der Waals surface area contributed by atoms with Crippen LogP contribution in [0, 0.1) is 22.7 Å². The molecule has 2 heterocycles. The summed E-state index contributed by atoms with van der Waals surface area (Å²) in [5, 5.41) is 22.8. The van der Waals surface area contributed by atoms with Crippen molar-refractivity contribution < 1.29 is 9.47 Å². The van der Waals surface area contributed by atoms with Gasteiger partial charge in [0.15, 0.2) is 0 Å². The lowest BCUT2D eigenvalue weighted by atomic mass is 9.80. The lowest BCUT2D eigenvalue weighted by Gasteiger charge is -2.29. The van der Waals surface area contributed by atoms with Crippen LogP contribution in [0.5, 0.6) is 11.5 Å². The second-order valence-electron chi connectivity index (χ2n) is 9.08. The van der Waals surface area contributed by atoms with Crippen molar-refractivity contribution in [1.29, 1.82) is 10.5 Å². The van der Waals surface area contributed by atoms with Crippen LogP contribution in [-0.4, -0.2) is 0 Å². The summed E-state index contributed by atoms with van der Waals surface area (Å²) in [4.78, 5) is 0. The first-order valence-electron chi connectivity index (χ1n) is 11.7. The van der Waals surface area contributed by atoms with Gasteiger partial charge in [-0.3, -0.25) is 0 Å². The minimum absolute atomic E-state index is 0.0575. The van der Waals surface area contributed by atoms with Crippen LogP contribution in [0.15, 0.2) is 95.7 Å². The molecule has 0 radical (unpaired) electrons. The Bertz CT molecular complexity index is 1650. The Morgan fingerprint density at radius 2 is 0.974 bits per heavy atom. The zero-order valence-corrected chi connectivity index (χ0v) is 21.2. The minimum Gasteiger partial charge on any atom is -0.440 e. The summed E-state index contributed by atoms with van der Waals surface area (Å²) in [6, 6.07) is 26.8. The smallest absolute Gasteiger partial charge is 0.205 e. The van der Waals surface area contributed by atoms with E-state index in [4.69, 9.17) is 44.1 Å². The van der Waals surface area contributed by atoms with Crippen molar-refractivity contribution in [3.8, 4) is 23.6 Å². The van der Waals surface area contributed by atoms with Crippen LogP contribution in [0.25, 0.3) is 10.8 Å². The second-order valence-corrected chi connectivity index (χ2v) is 9.95. The Balaban J connectivity index is 1.57. The number of halogens is 2. The molecule has 0 saturated carbocycles. The predicted octanol–water partition coefficient (Wildman–Crippen LogP) is 6.58. The highest BCUT2D eigenvalue weighted by Crippen LogP contribution is 2.48. The number of rotatable bonds is 2. The second kappa shape index (κ2) is 9.04. The molecule has 0 fully saturated rings. The third-order valence-electron chi connectivity index (χ3n) is 6.92. The first kappa shape index (κ1) is 23.8. The van der Waals surface area contributed by atoms with E-state index in [0.717, 1.165) is 33.0 Å². The Labute approximate surface area is 228 Å². The minimum atomic E-state index is -0.435. The van der Waals surface area contributed by atoms with Crippen molar-refractivity contribution >= 4 is 34.0 Å². The van der Waals surface area contributed by atoms with Gasteiger partial charge in [-0.25, -0.2) is 0 Å². The zero-order valence-electron chi connectivity index (χ0n) is 19.7. The highest BCUT2D eigenvalue weighted by atomic mass is 35.5. The van der Waals surface area contributed by atoms with Crippen molar-refractivity contribution in [2.45, 2.75) is 11.8 Å². The van der Waals surface area contributed by atoms with Crippen LogP contribution in [-0.2, 0) is 0 Å². The lowest BCUT2D eigenvalue weighted by Crippen LogP contribution is -2.22. The number of fused-ring (bicyclic) bond motifs is 3. The molecule has 2 atom stereocenters. The molecule has 4 aromatic rings. The number of hydrogen-bond donors (Lipinski definition) is 2. The summed E-state index contributed by atoms with van der Waals surface area (Å²) in [5.74, 6) is 0.328. The number of allylic oxidation sites excluding steroid dienone is 2. The third kappa shape index (κ3) is 3.79. The predicted molar refractivity (Wildman–Crippen MR) is 145 cm³/mol. The van der Waals surface area contributed by atoms with E-state index in [1.165, 1.54) is 0 Å². The Hall–Kier alpha value is -4.62. The number of nitrogens with zero attached hydrogens (tertiary/aromatic N) is 2. The molecule has 0 spiro atoms. The van der Waals surface area contributed by atoms with Crippen molar-refractivity contribution in [3.05, 3.63) is 128 Å².